The Kier molecular flexibility index (Phi) is 5.61. The number of nitro groups is 1. The average molecular weight is 421 g/mol. The second kappa shape index (κ2) is 8.50. The third-order valence-corrected chi connectivity index (χ3v) is 5.32. The summed E-state index contributed by atoms with van der Waals surface area (Å²) in [6.07, 6.45) is 1.63. The number of carbonyl (C=O) groups is 1. The summed E-state index contributed by atoms with van der Waals surface area (Å²) in [4.78, 5) is 25.1. The van der Waals surface area contributed by atoms with Crippen molar-refractivity contribution in [1.29, 1.82) is 0 Å². The van der Waals surface area contributed by atoms with Gasteiger partial charge in [-0.15, -0.1) is 10.2 Å². The summed E-state index contributed by atoms with van der Waals surface area (Å²) in [6, 6.07) is 11.6. The molecule has 4 rings (SSSR count). The monoisotopic (exact) mass is 421 g/mol. The highest BCUT2D eigenvalue weighted by Gasteiger charge is 2.27. The van der Waals surface area contributed by atoms with Crippen molar-refractivity contribution in [2.75, 3.05) is 23.3 Å². The molecule has 1 atom stereocenters. The van der Waals surface area contributed by atoms with Gasteiger partial charge in [0.1, 0.15) is 0 Å². The molecule has 10 heteroatoms. The Morgan fingerprint density at radius 2 is 1.84 bits per heavy atom. The van der Waals surface area contributed by atoms with Crippen molar-refractivity contribution in [1.82, 2.24) is 20.0 Å². The zero-order valence-corrected chi connectivity index (χ0v) is 17.4. The number of nitro benzene ring substituents is 1. The summed E-state index contributed by atoms with van der Waals surface area (Å²) in [5, 5.41) is 26.7. The summed E-state index contributed by atoms with van der Waals surface area (Å²) in [6.45, 7) is 5.23. The molecule has 1 unspecified atom stereocenters. The lowest BCUT2D eigenvalue weighted by atomic mass is 9.97. The molecule has 1 saturated heterocycles. The molecule has 1 fully saturated rings. The van der Waals surface area contributed by atoms with E-state index in [0.29, 0.717) is 18.1 Å². The van der Waals surface area contributed by atoms with E-state index in [4.69, 9.17) is 0 Å². The van der Waals surface area contributed by atoms with Crippen LogP contribution in [0.4, 0.5) is 17.2 Å². The van der Waals surface area contributed by atoms with Gasteiger partial charge < -0.3 is 10.2 Å². The number of piperidine rings is 1. The smallest absolute Gasteiger partial charge is 0.269 e. The topological polar surface area (TPSA) is 119 Å². The van der Waals surface area contributed by atoms with Gasteiger partial charge in [-0.1, -0.05) is 0 Å². The van der Waals surface area contributed by atoms with Crippen molar-refractivity contribution in [2.45, 2.75) is 26.7 Å². The number of nitrogens with zero attached hydrogens (tertiary/aromatic N) is 6. The molecule has 2 aromatic heterocycles. The Balaban J connectivity index is 1.41. The number of hydrogen-bond donors (Lipinski definition) is 1. The van der Waals surface area contributed by atoms with Crippen molar-refractivity contribution in [3.63, 3.8) is 0 Å². The molecule has 0 bridgehead atoms. The van der Waals surface area contributed by atoms with Crippen molar-refractivity contribution in [3.8, 4) is 5.82 Å². The van der Waals surface area contributed by atoms with Gasteiger partial charge in [0.2, 0.25) is 5.91 Å². The highest BCUT2D eigenvalue weighted by Crippen LogP contribution is 2.24. The number of aryl methyl sites for hydroxylation is 2. The molecule has 1 amide bonds. The fraction of sp³-hybridized carbons (Fsp3) is 0.333. The fourth-order valence-electron chi connectivity index (χ4n) is 3.77. The largest absolute Gasteiger partial charge is 0.354 e. The Morgan fingerprint density at radius 3 is 2.45 bits per heavy atom. The first-order valence-electron chi connectivity index (χ1n) is 10.1. The van der Waals surface area contributed by atoms with Crippen LogP contribution >= 0.6 is 0 Å². The summed E-state index contributed by atoms with van der Waals surface area (Å²) < 4.78 is 1.75. The Bertz CT molecular complexity index is 1090. The van der Waals surface area contributed by atoms with Gasteiger partial charge in [0.25, 0.3) is 5.69 Å². The summed E-state index contributed by atoms with van der Waals surface area (Å²) in [5.41, 5.74) is 2.44. The zero-order chi connectivity index (χ0) is 22.0. The van der Waals surface area contributed by atoms with E-state index in [0.717, 1.165) is 36.6 Å². The normalized spacial score (nSPS) is 16.2. The van der Waals surface area contributed by atoms with E-state index in [1.54, 1.807) is 16.8 Å². The summed E-state index contributed by atoms with van der Waals surface area (Å²) in [5.74, 6) is 1.06. The number of aromatic nitrogens is 4. The quantitative estimate of drug-likeness (QED) is 0.497. The number of benzene rings is 1. The van der Waals surface area contributed by atoms with Crippen LogP contribution in [0.15, 0.2) is 42.5 Å². The zero-order valence-electron chi connectivity index (χ0n) is 17.4. The Morgan fingerprint density at radius 1 is 1.13 bits per heavy atom. The van der Waals surface area contributed by atoms with Crippen LogP contribution in [0.3, 0.4) is 0 Å². The Hall–Kier alpha value is -3.82. The first-order valence-corrected chi connectivity index (χ1v) is 10.1. The third-order valence-electron chi connectivity index (χ3n) is 5.32. The van der Waals surface area contributed by atoms with E-state index in [1.165, 1.54) is 12.1 Å². The minimum absolute atomic E-state index is 0.00988. The van der Waals surface area contributed by atoms with Gasteiger partial charge in [-0.3, -0.25) is 14.9 Å². The van der Waals surface area contributed by atoms with Crippen LogP contribution in [-0.4, -0.2) is 43.9 Å². The third kappa shape index (κ3) is 4.52. The van der Waals surface area contributed by atoms with Gasteiger partial charge >= 0.3 is 0 Å². The SMILES string of the molecule is Cc1cc(C)n(-c2ccc(N3CCCC(C(=O)Nc4ccc([N+](=O)[O-])cc4)C3)nn2)n1. The van der Waals surface area contributed by atoms with Crippen LogP contribution in [0.5, 0.6) is 0 Å². The first-order chi connectivity index (χ1) is 14.9. The molecule has 0 radical (unpaired) electrons. The lowest BCUT2D eigenvalue weighted by molar-refractivity contribution is -0.384. The van der Waals surface area contributed by atoms with Gasteiger partial charge in [-0.25, -0.2) is 4.68 Å². The number of amides is 1. The van der Waals surface area contributed by atoms with Crippen molar-refractivity contribution in [3.05, 3.63) is 64.0 Å². The predicted octanol–water partition coefficient (Wildman–Crippen LogP) is 3.04. The highest BCUT2D eigenvalue weighted by atomic mass is 16.6. The van der Waals surface area contributed by atoms with E-state index >= 15 is 0 Å². The molecule has 31 heavy (non-hydrogen) atoms. The second-order valence-electron chi connectivity index (χ2n) is 7.67. The number of nitrogens with one attached hydrogen (secondary N) is 1. The van der Waals surface area contributed by atoms with Gasteiger partial charge in [-0.2, -0.15) is 5.10 Å². The summed E-state index contributed by atoms with van der Waals surface area (Å²) in [7, 11) is 0. The minimum atomic E-state index is -0.467. The maximum Gasteiger partial charge on any atom is 0.269 e. The van der Waals surface area contributed by atoms with E-state index in [2.05, 4.69) is 25.5 Å². The van der Waals surface area contributed by atoms with Crippen LogP contribution in [0.25, 0.3) is 5.82 Å². The van der Waals surface area contributed by atoms with Gasteiger partial charge in [0.05, 0.1) is 16.5 Å². The molecule has 1 aliphatic heterocycles. The second-order valence-corrected chi connectivity index (χ2v) is 7.67. The standard InChI is InChI=1S/C21H23N7O3/c1-14-12-15(2)27(25-14)20-10-9-19(23-24-20)26-11-3-4-16(13-26)21(29)22-17-5-7-18(8-6-17)28(30)31/h5-10,12,16H,3-4,11,13H2,1-2H3,(H,22,29). The number of hydrogen-bond acceptors (Lipinski definition) is 7. The lowest BCUT2D eigenvalue weighted by Gasteiger charge is -2.32. The van der Waals surface area contributed by atoms with Gasteiger partial charge in [-0.05, 0) is 57.0 Å². The van der Waals surface area contributed by atoms with Crippen LogP contribution in [-0.2, 0) is 4.79 Å². The molecule has 1 aliphatic rings. The number of anilines is 2. The molecule has 3 heterocycles. The van der Waals surface area contributed by atoms with Crippen molar-refractivity contribution < 1.29 is 9.72 Å². The molecule has 0 spiro atoms. The van der Waals surface area contributed by atoms with E-state index in [1.807, 2.05) is 32.0 Å². The molecule has 0 saturated carbocycles. The molecular weight excluding hydrogens is 398 g/mol. The molecule has 1 N–H and O–H groups in total. The maximum atomic E-state index is 12.7. The molecule has 10 nitrogen and oxygen atoms in total. The number of non-ortho nitro benzene ring substituents is 1. The maximum absolute atomic E-state index is 12.7. The number of rotatable bonds is 5. The van der Waals surface area contributed by atoms with Crippen LogP contribution in [0.2, 0.25) is 0 Å². The van der Waals surface area contributed by atoms with Crippen molar-refractivity contribution in [2.24, 2.45) is 5.92 Å². The average Bonchev–Trinajstić information content (AvgIpc) is 3.12. The fourth-order valence-corrected chi connectivity index (χ4v) is 3.77. The van der Waals surface area contributed by atoms with E-state index < -0.39 is 4.92 Å². The van der Waals surface area contributed by atoms with Crippen LogP contribution < -0.4 is 10.2 Å². The summed E-state index contributed by atoms with van der Waals surface area (Å²) >= 11 is 0. The van der Waals surface area contributed by atoms with Gasteiger partial charge in [0, 0.05) is 36.6 Å². The molecule has 160 valence electrons. The highest BCUT2D eigenvalue weighted by molar-refractivity contribution is 5.93. The molecule has 1 aromatic carbocycles. The lowest BCUT2D eigenvalue weighted by Crippen LogP contribution is -2.41. The predicted molar refractivity (Wildman–Crippen MR) is 115 cm³/mol. The molecular formula is C21H23N7O3. The molecule has 3 aromatic rings. The number of carbonyl (C=O) groups excluding carboxylic acids is 1. The van der Waals surface area contributed by atoms with Crippen LogP contribution in [0, 0.1) is 29.9 Å². The minimum Gasteiger partial charge on any atom is -0.354 e. The van der Waals surface area contributed by atoms with E-state index in [-0.39, 0.29) is 17.5 Å². The Labute approximate surface area is 179 Å². The van der Waals surface area contributed by atoms with Crippen LogP contribution in [0.1, 0.15) is 24.2 Å². The molecule has 0 aliphatic carbocycles. The van der Waals surface area contributed by atoms with Gasteiger partial charge in [0.15, 0.2) is 11.6 Å². The first kappa shape index (κ1) is 20.5. The van der Waals surface area contributed by atoms with Crippen molar-refractivity contribution >= 4 is 23.1 Å². The van der Waals surface area contributed by atoms with E-state index in [9.17, 15) is 14.9 Å².